The van der Waals surface area contributed by atoms with Crippen LogP contribution in [0.3, 0.4) is 0 Å². The predicted molar refractivity (Wildman–Crippen MR) is 96.2 cm³/mol. The SMILES string of the molecule is C[C@](O)(c1ccc(C(=O)N(C2CCC(C(N)=O)CC2)C2CC2)cc1)C(F)(F)F. The molecule has 28 heavy (non-hydrogen) atoms. The first-order chi connectivity index (χ1) is 13.0. The van der Waals surface area contributed by atoms with Gasteiger partial charge in [-0.3, -0.25) is 9.59 Å². The number of aliphatic hydroxyl groups is 1. The fraction of sp³-hybridized carbons (Fsp3) is 0.600. The summed E-state index contributed by atoms with van der Waals surface area (Å²) in [7, 11) is 0. The van der Waals surface area contributed by atoms with Crippen molar-refractivity contribution in [2.24, 2.45) is 11.7 Å². The molecule has 0 radical (unpaired) electrons. The molecule has 0 aliphatic heterocycles. The number of halogens is 3. The van der Waals surface area contributed by atoms with E-state index < -0.39 is 11.8 Å². The molecule has 1 atom stereocenters. The van der Waals surface area contributed by atoms with Crippen molar-refractivity contribution >= 4 is 11.8 Å². The summed E-state index contributed by atoms with van der Waals surface area (Å²) in [5.41, 5.74) is 2.39. The summed E-state index contributed by atoms with van der Waals surface area (Å²) in [6.07, 6.45) is -0.330. The summed E-state index contributed by atoms with van der Waals surface area (Å²) in [5, 5.41) is 9.77. The number of nitrogens with zero attached hydrogens (tertiary/aromatic N) is 1. The molecule has 2 fully saturated rings. The highest BCUT2D eigenvalue weighted by Gasteiger charge is 2.51. The molecule has 8 heteroatoms. The second-order valence-corrected chi connectivity index (χ2v) is 8.00. The second kappa shape index (κ2) is 7.39. The molecule has 2 aliphatic carbocycles. The zero-order chi connectivity index (χ0) is 20.7. The molecule has 154 valence electrons. The van der Waals surface area contributed by atoms with Gasteiger partial charge in [0.25, 0.3) is 5.91 Å². The first-order valence-corrected chi connectivity index (χ1v) is 9.54. The van der Waals surface area contributed by atoms with Crippen molar-refractivity contribution in [1.82, 2.24) is 4.90 Å². The Morgan fingerprint density at radius 1 is 1.00 bits per heavy atom. The summed E-state index contributed by atoms with van der Waals surface area (Å²) >= 11 is 0. The highest BCUT2D eigenvalue weighted by Crippen LogP contribution is 2.39. The van der Waals surface area contributed by atoms with E-state index in [9.17, 15) is 27.9 Å². The molecule has 3 rings (SSSR count). The molecule has 1 aromatic carbocycles. The summed E-state index contributed by atoms with van der Waals surface area (Å²) in [4.78, 5) is 26.2. The molecule has 5 nitrogen and oxygen atoms in total. The van der Waals surface area contributed by atoms with Gasteiger partial charge < -0.3 is 15.7 Å². The van der Waals surface area contributed by atoms with Gasteiger partial charge in [-0.25, -0.2) is 0 Å². The summed E-state index contributed by atoms with van der Waals surface area (Å²) < 4.78 is 39.0. The van der Waals surface area contributed by atoms with Crippen LogP contribution in [0.1, 0.15) is 61.4 Å². The molecular weight excluding hydrogens is 373 g/mol. The standard InChI is InChI=1S/C20H25F3N2O3/c1-19(28,20(21,22)23)14-6-2-13(3-7-14)18(27)25(16-10-11-16)15-8-4-12(5-9-15)17(24)26/h2-3,6-7,12,15-16,28H,4-5,8-11H2,1H3,(H2,24,26)/t12?,15?,19-/m0/s1. The fourth-order valence-electron chi connectivity index (χ4n) is 3.87. The largest absolute Gasteiger partial charge is 0.421 e. The molecule has 0 aromatic heterocycles. The first-order valence-electron chi connectivity index (χ1n) is 9.54. The number of nitrogens with two attached hydrogens (primary N) is 1. The van der Waals surface area contributed by atoms with Crippen LogP contribution in [0.2, 0.25) is 0 Å². The van der Waals surface area contributed by atoms with Crippen molar-refractivity contribution in [3.63, 3.8) is 0 Å². The van der Waals surface area contributed by atoms with E-state index in [1.807, 2.05) is 4.90 Å². The number of amides is 2. The molecule has 2 aliphatic rings. The third-order valence-electron chi connectivity index (χ3n) is 5.91. The van der Waals surface area contributed by atoms with Crippen molar-refractivity contribution in [2.75, 3.05) is 0 Å². The van der Waals surface area contributed by atoms with Crippen LogP contribution >= 0.6 is 0 Å². The zero-order valence-electron chi connectivity index (χ0n) is 15.7. The van der Waals surface area contributed by atoms with Crippen LogP contribution in [0.4, 0.5) is 13.2 Å². The Labute approximate surface area is 161 Å². The lowest BCUT2D eigenvalue weighted by Crippen LogP contribution is -2.45. The Balaban J connectivity index is 1.75. The Morgan fingerprint density at radius 3 is 1.86 bits per heavy atom. The van der Waals surface area contributed by atoms with Gasteiger partial charge in [0.05, 0.1) is 0 Å². The van der Waals surface area contributed by atoms with E-state index in [0.717, 1.165) is 25.0 Å². The number of hydrogen-bond donors (Lipinski definition) is 2. The van der Waals surface area contributed by atoms with Gasteiger partial charge >= 0.3 is 6.18 Å². The Bertz CT molecular complexity index is 734. The third kappa shape index (κ3) is 4.01. The lowest BCUT2D eigenvalue weighted by molar-refractivity contribution is -0.258. The lowest BCUT2D eigenvalue weighted by Gasteiger charge is -2.36. The van der Waals surface area contributed by atoms with Gasteiger partial charge in [-0.2, -0.15) is 13.2 Å². The van der Waals surface area contributed by atoms with E-state index in [-0.39, 0.29) is 35.4 Å². The Kier molecular flexibility index (Phi) is 5.44. The third-order valence-corrected chi connectivity index (χ3v) is 5.91. The van der Waals surface area contributed by atoms with Gasteiger partial charge in [0.15, 0.2) is 5.60 Å². The van der Waals surface area contributed by atoms with Crippen LogP contribution in [0.15, 0.2) is 24.3 Å². The molecular formula is C20H25F3N2O3. The molecule has 0 unspecified atom stereocenters. The van der Waals surface area contributed by atoms with Crippen LogP contribution in [0, 0.1) is 5.92 Å². The number of benzene rings is 1. The number of hydrogen-bond acceptors (Lipinski definition) is 3. The predicted octanol–water partition coefficient (Wildman–Crippen LogP) is 3.11. The molecule has 1 aromatic rings. The van der Waals surface area contributed by atoms with Crippen molar-refractivity contribution < 1.29 is 27.9 Å². The van der Waals surface area contributed by atoms with E-state index in [0.29, 0.717) is 38.2 Å². The van der Waals surface area contributed by atoms with Crippen molar-refractivity contribution in [3.05, 3.63) is 35.4 Å². The second-order valence-electron chi connectivity index (χ2n) is 8.00. The van der Waals surface area contributed by atoms with Crippen molar-refractivity contribution in [2.45, 2.75) is 69.3 Å². The Morgan fingerprint density at radius 2 is 1.46 bits per heavy atom. The normalized spacial score (nSPS) is 25.0. The molecule has 3 N–H and O–H groups in total. The maximum atomic E-state index is 13.0. The average Bonchev–Trinajstić information content (AvgIpc) is 3.46. The van der Waals surface area contributed by atoms with E-state index in [4.69, 9.17) is 5.73 Å². The first kappa shape index (κ1) is 20.6. The minimum atomic E-state index is -4.81. The van der Waals surface area contributed by atoms with Crippen molar-refractivity contribution in [1.29, 1.82) is 0 Å². The van der Waals surface area contributed by atoms with Gasteiger partial charge in [-0.15, -0.1) is 0 Å². The summed E-state index contributed by atoms with van der Waals surface area (Å²) in [5.74, 6) is -0.686. The topological polar surface area (TPSA) is 83.6 Å². The lowest BCUT2D eigenvalue weighted by atomic mass is 9.84. The molecule has 0 spiro atoms. The average molecular weight is 398 g/mol. The molecule has 0 bridgehead atoms. The monoisotopic (exact) mass is 398 g/mol. The summed E-state index contributed by atoms with van der Waals surface area (Å²) in [6.45, 7) is 0.692. The molecule has 2 amide bonds. The van der Waals surface area contributed by atoms with Crippen LogP contribution < -0.4 is 5.73 Å². The fourth-order valence-corrected chi connectivity index (χ4v) is 3.87. The summed E-state index contributed by atoms with van der Waals surface area (Å²) in [6, 6.07) is 5.12. The van der Waals surface area contributed by atoms with E-state index in [2.05, 4.69) is 0 Å². The molecule has 0 saturated heterocycles. The zero-order valence-corrected chi connectivity index (χ0v) is 15.7. The quantitative estimate of drug-likeness (QED) is 0.799. The minimum Gasteiger partial charge on any atom is -0.376 e. The van der Waals surface area contributed by atoms with Gasteiger partial charge in [-0.05, 0) is 63.1 Å². The highest BCUT2D eigenvalue weighted by atomic mass is 19.4. The number of rotatable bonds is 5. The highest BCUT2D eigenvalue weighted by molar-refractivity contribution is 5.95. The van der Waals surface area contributed by atoms with Crippen LogP contribution in [-0.2, 0) is 10.4 Å². The van der Waals surface area contributed by atoms with Crippen LogP contribution in [-0.4, -0.2) is 40.1 Å². The van der Waals surface area contributed by atoms with Crippen LogP contribution in [0.25, 0.3) is 0 Å². The maximum Gasteiger partial charge on any atom is 0.421 e. The molecule has 0 heterocycles. The molecule has 2 saturated carbocycles. The smallest absolute Gasteiger partial charge is 0.376 e. The van der Waals surface area contributed by atoms with E-state index in [1.54, 1.807) is 0 Å². The van der Waals surface area contributed by atoms with Gasteiger partial charge in [0, 0.05) is 23.6 Å². The van der Waals surface area contributed by atoms with Gasteiger partial charge in [-0.1, -0.05) is 12.1 Å². The van der Waals surface area contributed by atoms with Gasteiger partial charge in [0.2, 0.25) is 5.91 Å². The number of carbonyl (C=O) groups is 2. The number of alkyl halides is 3. The van der Waals surface area contributed by atoms with E-state index in [1.165, 1.54) is 12.1 Å². The van der Waals surface area contributed by atoms with Gasteiger partial charge in [0.1, 0.15) is 0 Å². The maximum absolute atomic E-state index is 13.0. The number of primary amides is 1. The Hall–Kier alpha value is -2.09. The van der Waals surface area contributed by atoms with E-state index >= 15 is 0 Å². The number of carbonyl (C=O) groups excluding carboxylic acids is 2. The van der Waals surface area contributed by atoms with Crippen molar-refractivity contribution in [3.8, 4) is 0 Å². The van der Waals surface area contributed by atoms with Crippen LogP contribution in [0.5, 0.6) is 0 Å². The minimum absolute atomic E-state index is 0.00793.